The summed E-state index contributed by atoms with van der Waals surface area (Å²) in [6.45, 7) is 3.74. The first-order chi connectivity index (χ1) is 8.50. The van der Waals surface area contributed by atoms with Gasteiger partial charge < -0.3 is 10.2 Å². The van der Waals surface area contributed by atoms with Crippen molar-refractivity contribution in [1.82, 2.24) is 4.90 Å². The third-order valence-corrected chi connectivity index (χ3v) is 3.39. The maximum Gasteiger partial charge on any atom is 0.0991 e. The molecule has 1 aromatic carbocycles. The van der Waals surface area contributed by atoms with Crippen molar-refractivity contribution in [2.75, 3.05) is 19.6 Å². The van der Waals surface area contributed by atoms with E-state index in [1.807, 2.05) is 6.92 Å². The maximum absolute atomic E-state index is 10.1. The van der Waals surface area contributed by atoms with E-state index in [1.54, 1.807) is 24.3 Å². The van der Waals surface area contributed by atoms with E-state index < -0.39 is 11.7 Å². The fourth-order valence-electron chi connectivity index (χ4n) is 2.32. The summed E-state index contributed by atoms with van der Waals surface area (Å²) in [5.41, 5.74) is 0.764. The van der Waals surface area contributed by atoms with E-state index in [0.717, 1.165) is 18.5 Å². The molecule has 1 heterocycles. The van der Waals surface area contributed by atoms with Gasteiger partial charge in [0.25, 0.3) is 0 Å². The second-order valence-electron chi connectivity index (χ2n) is 5.23. The van der Waals surface area contributed by atoms with Crippen LogP contribution in [0, 0.1) is 11.3 Å². The fourth-order valence-corrected chi connectivity index (χ4v) is 2.32. The van der Waals surface area contributed by atoms with Gasteiger partial charge >= 0.3 is 0 Å². The zero-order chi connectivity index (χ0) is 13.2. The zero-order valence-electron chi connectivity index (χ0n) is 10.5. The Kier molecular flexibility index (Phi) is 3.67. The average Bonchev–Trinajstić information content (AvgIpc) is 2.68. The van der Waals surface area contributed by atoms with Gasteiger partial charge in [0, 0.05) is 19.6 Å². The monoisotopic (exact) mass is 246 g/mol. The lowest BCUT2D eigenvalue weighted by molar-refractivity contribution is 0.0581. The average molecular weight is 246 g/mol. The number of nitriles is 1. The van der Waals surface area contributed by atoms with Crippen LogP contribution in [0.4, 0.5) is 0 Å². The molecule has 0 bridgehead atoms. The number of β-amino-alcohol motifs (C(OH)–C–C–N with tert-alkyl or cyclic N) is 2. The van der Waals surface area contributed by atoms with E-state index in [-0.39, 0.29) is 0 Å². The van der Waals surface area contributed by atoms with Crippen LogP contribution in [0.5, 0.6) is 0 Å². The van der Waals surface area contributed by atoms with Crippen LogP contribution in [0.2, 0.25) is 0 Å². The second kappa shape index (κ2) is 5.07. The van der Waals surface area contributed by atoms with Gasteiger partial charge in [0.15, 0.2) is 0 Å². The number of hydrogen-bond donors (Lipinski definition) is 2. The second-order valence-corrected chi connectivity index (χ2v) is 5.23. The van der Waals surface area contributed by atoms with Crippen molar-refractivity contribution in [3.05, 3.63) is 35.4 Å². The van der Waals surface area contributed by atoms with Crippen LogP contribution in [-0.4, -0.2) is 40.3 Å². The standard InChI is InChI=1S/C14H18N2O2/c1-14(18)6-7-16(10-14)9-13(17)12-4-2-11(8-15)3-5-12/h2-5,13,17-18H,6-7,9-10H2,1H3. The molecule has 0 aromatic heterocycles. The summed E-state index contributed by atoms with van der Waals surface area (Å²) in [6, 6.07) is 9.02. The number of likely N-dealkylation sites (tertiary alicyclic amines) is 1. The van der Waals surface area contributed by atoms with Gasteiger partial charge in [0.05, 0.1) is 23.3 Å². The van der Waals surface area contributed by atoms with Crippen LogP contribution in [0.3, 0.4) is 0 Å². The molecule has 4 heteroatoms. The van der Waals surface area contributed by atoms with Crippen LogP contribution in [0.15, 0.2) is 24.3 Å². The normalized spacial score (nSPS) is 25.9. The van der Waals surface area contributed by atoms with Crippen LogP contribution in [0.25, 0.3) is 0 Å². The molecule has 96 valence electrons. The molecule has 2 atom stereocenters. The first-order valence-electron chi connectivity index (χ1n) is 6.13. The topological polar surface area (TPSA) is 67.5 Å². The van der Waals surface area contributed by atoms with Crippen molar-refractivity contribution in [2.24, 2.45) is 0 Å². The van der Waals surface area contributed by atoms with Gasteiger partial charge in [0.2, 0.25) is 0 Å². The Balaban J connectivity index is 1.95. The predicted octanol–water partition coefficient (Wildman–Crippen LogP) is 1.05. The molecular formula is C14H18N2O2. The number of aliphatic hydroxyl groups excluding tert-OH is 1. The molecule has 0 aliphatic carbocycles. The maximum atomic E-state index is 10.1. The number of nitrogens with zero attached hydrogens (tertiary/aromatic N) is 2. The number of aliphatic hydroxyl groups is 2. The van der Waals surface area contributed by atoms with Crippen LogP contribution >= 0.6 is 0 Å². The number of benzene rings is 1. The fraction of sp³-hybridized carbons (Fsp3) is 0.500. The Bertz CT molecular complexity index is 448. The first-order valence-corrected chi connectivity index (χ1v) is 6.13. The third kappa shape index (κ3) is 3.08. The lowest BCUT2D eigenvalue weighted by atomic mass is 10.1. The smallest absolute Gasteiger partial charge is 0.0991 e. The zero-order valence-corrected chi connectivity index (χ0v) is 10.5. The molecular weight excluding hydrogens is 228 g/mol. The van der Waals surface area contributed by atoms with Crippen molar-refractivity contribution in [1.29, 1.82) is 5.26 Å². The Labute approximate surface area is 107 Å². The van der Waals surface area contributed by atoms with Gasteiger partial charge in [-0.15, -0.1) is 0 Å². The van der Waals surface area contributed by atoms with E-state index in [0.29, 0.717) is 18.7 Å². The van der Waals surface area contributed by atoms with E-state index in [9.17, 15) is 10.2 Å². The predicted molar refractivity (Wildman–Crippen MR) is 67.8 cm³/mol. The quantitative estimate of drug-likeness (QED) is 0.836. The minimum atomic E-state index is -0.635. The van der Waals surface area contributed by atoms with Crippen molar-refractivity contribution in [3.63, 3.8) is 0 Å². The van der Waals surface area contributed by atoms with Gasteiger partial charge in [-0.2, -0.15) is 5.26 Å². The highest BCUT2D eigenvalue weighted by Crippen LogP contribution is 2.23. The lowest BCUT2D eigenvalue weighted by Gasteiger charge is -2.21. The summed E-state index contributed by atoms with van der Waals surface area (Å²) >= 11 is 0. The van der Waals surface area contributed by atoms with E-state index in [1.165, 1.54) is 0 Å². The highest BCUT2D eigenvalue weighted by atomic mass is 16.3. The minimum absolute atomic E-state index is 0.516. The summed E-state index contributed by atoms with van der Waals surface area (Å²) in [5, 5.41) is 28.7. The van der Waals surface area contributed by atoms with E-state index in [2.05, 4.69) is 11.0 Å². The minimum Gasteiger partial charge on any atom is -0.389 e. The molecule has 1 fully saturated rings. The molecule has 2 N–H and O–H groups in total. The summed E-state index contributed by atoms with van der Waals surface area (Å²) in [6.07, 6.45) is 0.166. The molecule has 18 heavy (non-hydrogen) atoms. The van der Waals surface area contributed by atoms with E-state index >= 15 is 0 Å². The van der Waals surface area contributed by atoms with Gasteiger partial charge in [-0.3, -0.25) is 4.90 Å². The number of hydrogen-bond acceptors (Lipinski definition) is 4. The number of rotatable bonds is 3. The summed E-state index contributed by atoms with van der Waals surface area (Å²) in [4.78, 5) is 2.06. The van der Waals surface area contributed by atoms with Crippen LogP contribution < -0.4 is 0 Å². The molecule has 4 nitrogen and oxygen atoms in total. The van der Waals surface area contributed by atoms with Crippen molar-refractivity contribution < 1.29 is 10.2 Å². The SMILES string of the molecule is CC1(O)CCN(CC(O)c2ccc(C#N)cc2)C1. The molecule has 1 aromatic rings. The summed E-state index contributed by atoms with van der Waals surface area (Å²) in [5.74, 6) is 0. The Hall–Kier alpha value is -1.41. The molecule has 1 aliphatic heterocycles. The molecule has 0 saturated carbocycles. The molecule has 0 amide bonds. The van der Waals surface area contributed by atoms with Crippen LogP contribution in [-0.2, 0) is 0 Å². The van der Waals surface area contributed by atoms with E-state index in [4.69, 9.17) is 5.26 Å². The molecule has 2 unspecified atom stereocenters. The van der Waals surface area contributed by atoms with Gasteiger partial charge in [-0.25, -0.2) is 0 Å². The lowest BCUT2D eigenvalue weighted by Crippen LogP contribution is -2.32. The largest absolute Gasteiger partial charge is 0.389 e. The Morgan fingerprint density at radius 2 is 2.11 bits per heavy atom. The van der Waals surface area contributed by atoms with Crippen molar-refractivity contribution >= 4 is 0 Å². The molecule has 2 rings (SSSR count). The Morgan fingerprint density at radius 1 is 1.44 bits per heavy atom. The first kappa shape index (κ1) is 13.0. The molecule has 1 aliphatic rings. The highest BCUT2D eigenvalue weighted by molar-refractivity contribution is 5.32. The highest BCUT2D eigenvalue weighted by Gasteiger charge is 2.32. The van der Waals surface area contributed by atoms with Gasteiger partial charge in [0.1, 0.15) is 0 Å². The van der Waals surface area contributed by atoms with Gasteiger partial charge in [-0.1, -0.05) is 12.1 Å². The molecule has 0 radical (unpaired) electrons. The Morgan fingerprint density at radius 3 is 2.61 bits per heavy atom. The van der Waals surface area contributed by atoms with Gasteiger partial charge in [-0.05, 0) is 31.0 Å². The van der Waals surface area contributed by atoms with Crippen molar-refractivity contribution in [3.8, 4) is 6.07 Å². The molecule has 0 spiro atoms. The molecule has 1 saturated heterocycles. The van der Waals surface area contributed by atoms with Crippen molar-refractivity contribution in [2.45, 2.75) is 25.0 Å². The van der Waals surface area contributed by atoms with Crippen LogP contribution in [0.1, 0.15) is 30.6 Å². The third-order valence-electron chi connectivity index (χ3n) is 3.39. The summed E-state index contributed by atoms with van der Waals surface area (Å²) < 4.78 is 0. The summed E-state index contributed by atoms with van der Waals surface area (Å²) in [7, 11) is 0.